The standard InChI is InChI=1S/C21H24N2O3/c1-13-11-19(14(2)26-13)21(25)23(18-9-10-18)12-15-3-5-16(6-4-15)20(24)22-17-7-8-17/h3-6,11,17-18H,7-10,12H2,1-2H3,(H,22,24). The summed E-state index contributed by atoms with van der Waals surface area (Å²) in [4.78, 5) is 27.0. The van der Waals surface area contributed by atoms with E-state index in [0.717, 1.165) is 37.0 Å². The lowest BCUT2D eigenvalue weighted by Gasteiger charge is -2.22. The summed E-state index contributed by atoms with van der Waals surface area (Å²) in [7, 11) is 0. The van der Waals surface area contributed by atoms with E-state index in [2.05, 4.69) is 5.32 Å². The van der Waals surface area contributed by atoms with E-state index in [1.165, 1.54) is 0 Å². The maximum Gasteiger partial charge on any atom is 0.257 e. The molecule has 2 aliphatic carbocycles. The summed E-state index contributed by atoms with van der Waals surface area (Å²) in [5.74, 6) is 1.44. The first-order valence-corrected chi connectivity index (χ1v) is 9.29. The van der Waals surface area contributed by atoms with Crippen molar-refractivity contribution in [2.24, 2.45) is 0 Å². The number of rotatable bonds is 6. The molecule has 1 aromatic heterocycles. The van der Waals surface area contributed by atoms with E-state index >= 15 is 0 Å². The fourth-order valence-electron chi connectivity index (χ4n) is 3.21. The number of aryl methyl sites for hydroxylation is 2. The number of nitrogens with one attached hydrogen (secondary N) is 1. The summed E-state index contributed by atoms with van der Waals surface area (Å²) >= 11 is 0. The summed E-state index contributed by atoms with van der Waals surface area (Å²) in [6.45, 7) is 4.24. The first kappa shape index (κ1) is 16.9. The van der Waals surface area contributed by atoms with Crippen molar-refractivity contribution in [3.05, 3.63) is 58.5 Å². The predicted molar refractivity (Wildman–Crippen MR) is 98.0 cm³/mol. The van der Waals surface area contributed by atoms with Crippen LogP contribution in [-0.4, -0.2) is 28.8 Å². The largest absolute Gasteiger partial charge is 0.466 e. The molecular weight excluding hydrogens is 328 g/mol. The van der Waals surface area contributed by atoms with Gasteiger partial charge in [-0.05, 0) is 63.3 Å². The van der Waals surface area contributed by atoms with Crippen LogP contribution in [0.1, 0.15) is 63.5 Å². The van der Waals surface area contributed by atoms with Gasteiger partial charge in [0.15, 0.2) is 0 Å². The lowest BCUT2D eigenvalue weighted by atomic mass is 10.1. The molecule has 5 nitrogen and oxygen atoms in total. The van der Waals surface area contributed by atoms with Gasteiger partial charge in [-0.3, -0.25) is 9.59 Å². The second-order valence-corrected chi connectivity index (χ2v) is 7.44. The third kappa shape index (κ3) is 3.66. The molecule has 1 N–H and O–H groups in total. The number of nitrogens with zero attached hydrogens (tertiary/aromatic N) is 1. The zero-order valence-electron chi connectivity index (χ0n) is 15.2. The van der Waals surface area contributed by atoms with Crippen LogP contribution in [0.5, 0.6) is 0 Å². The molecule has 2 amide bonds. The first-order valence-electron chi connectivity index (χ1n) is 9.29. The van der Waals surface area contributed by atoms with Gasteiger partial charge in [-0.1, -0.05) is 12.1 Å². The van der Waals surface area contributed by atoms with Crippen molar-refractivity contribution in [3.63, 3.8) is 0 Å². The van der Waals surface area contributed by atoms with Crippen LogP contribution in [0.25, 0.3) is 0 Å². The summed E-state index contributed by atoms with van der Waals surface area (Å²) in [5.41, 5.74) is 2.35. The van der Waals surface area contributed by atoms with E-state index in [4.69, 9.17) is 4.42 Å². The Balaban J connectivity index is 1.47. The maximum absolute atomic E-state index is 13.0. The highest BCUT2D eigenvalue weighted by molar-refractivity contribution is 5.96. The molecule has 2 fully saturated rings. The van der Waals surface area contributed by atoms with Crippen molar-refractivity contribution >= 4 is 11.8 Å². The highest BCUT2D eigenvalue weighted by Crippen LogP contribution is 2.31. The van der Waals surface area contributed by atoms with Gasteiger partial charge in [-0.25, -0.2) is 0 Å². The smallest absolute Gasteiger partial charge is 0.257 e. The molecule has 4 rings (SSSR count). The van der Waals surface area contributed by atoms with Crippen LogP contribution >= 0.6 is 0 Å². The van der Waals surface area contributed by atoms with E-state index in [-0.39, 0.29) is 11.8 Å². The third-order valence-corrected chi connectivity index (χ3v) is 5.00. The Kier molecular flexibility index (Phi) is 4.31. The van der Waals surface area contributed by atoms with Gasteiger partial charge in [0.1, 0.15) is 11.5 Å². The molecular formula is C21H24N2O3. The van der Waals surface area contributed by atoms with Crippen LogP contribution in [0, 0.1) is 13.8 Å². The predicted octanol–water partition coefficient (Wildman–Crippen LogP) is 3.59. The van der Waals surface area contributed by atoms with Crippen LogP contribution in [0.15, 0.2) is 34.7 Å². The van der Waals surface area contributed by atoms with Gasteiger partial charge < -0.3 is 14.6 Å². The summed E-state index contributed by atoms with van der Waals surface area (Å²) in [6, 6.07) is 10.0. The Hall–Kier alpha value is -2.56. The summed E-state index contributed by atoms with van der Waals surface area (Å²) in [5, 5.41) is 2.99. The van der Waals surface area contributed by atoms with E-state index in [1.54, 1.807) is 0 Å². The van der Waals surface area contributed by atoms with E-state index in [9.17, 15) is 9.59 Å². The fraction of sp³-hybridized carbons (Fsp3) is 0.429. The number of amides is 2. The van der Waals surface area contributed by atoms with E-state index in [1.807, 2.05) is 49.1 Å². The van der Waals surface area contributed by atoms with Crippen LogP contribution in [0.2, 0.25) is 0 Å². The Bertz CT molecular complexity index is 829. The normalized spacial score (nSPS) is 16.4. The lowest BCUT2D eigenvalue weighted by Crippen LogP contribution is -2.32. The van der Waals surface area contributed by atoms with Crippen LogP contribution < -0.4 is 5.32 Å². The molecule has 136 valence electrons. The SMILES string of the molecule is Cc1cc(C(=O)N(Cc2ccc(C(=O)NC3CC3)cc2)C2CC2)c(C)o1. The van der Waals surface area contributed by atoms with Gasteiger partial charge >= 0.3 is 0 Å². The topological polar surface area (TPSA) is 62.6 Å². The lowest BCUT2D eigenvalue weighted by molar-refractivity contribution is 0.0727. The van der Waals surface area contributed by atoms with Crippen LogP contribution in [-0.2, 0) is 6.54 Å². The molecule has 0 atom stereocenters. The minimum Gasteiger partial charge on any atom is -0.466 e. The molecule has 2 aromatic rings. The van der Waals surface area contributed by atoms with Crippen molar-refractivity contribution in [2.45, 2.75) is 58.2 Å². The molecule has 0 saturated heterocycles. The average molecular weight is 352 g/mol. The van der Waals surface area contributed by atoms with Gasteiger partial charge in [0, 0.05) is 24.2 Å². The van der Waals surface area contributed by atoms with Gasteiger partial charge in [0.2, 0.25) is 0 Å². The molecule has 0 radical (unpaired) electrons. The fourth-order valence-corrected chi connectivity index (χ4v) is 3.21. The average Bonchev–Trinajstić information content (AvgIpc) is 3.53. The molecule has 26 heavy (non-hydrogen) atoms. The summed E-state index contributed by atoms with van der Waals surface area (Å²) < 4.78 is 5.52. The highest BCUT2D eigenvalue weighted by Gasteiger charge is 2.34. The second-order valence-electron chi connectivity index (χ2n) is 7.44. The molecule has 0 aliphatic heterocycles. The summed E-state index contributed by atoms with van der Waals surface area (Å²) in [6.07, 6.45) is 4.25. The maximum atomic E-state index is 13.0. The Morgan fingerprint density at radius 3 is 2.35 bits per heavy atom. The Morgan fingerprint density at radius 2 is 1.81 bits per heavy atom. The van der Waals surface area contributed by atoms with Crippen molar-refractivity contribution in [1.82, 2.24) is 10.2 Å². The van der Waals surface area contributed by atoms with Gasteiger partial charge in [0.25, 0.3) is 11.8 Å². The monoisotopic (exact) mass is 352 g/mol. The van der Waals surface area contributed by atoms with Crippen molar-refractivity contribution in [3.8, 4) is 0 Å². The van der Waals surface area contributed by atoms with Crippen molar-refractivity contribution in [1.29, 1.82) is 0 Å². The number of benzene rings is 1. The minimum absolute atomic E-state index is 0.0151. The Morgan fingerprint density at radius 1 is 1.12 bits per heavy atom. The van der Waals surface area contributed by atoms with Crippen LogP contribution in [0.3, 0.4) is 0 Å². The first-order chi connectivity index (χ1) is 12.5. The van der Waals surface area contributed by atoms with E-state index < -0.39 is 0 Å². The van der Waals surface area contributed by atoms with Crippen molar-refractivity contribution in [2.75, 3.05) is 0 Å². The highest BCUT2D eigenvalue weighted by atomic mass is 16.3. The molecule has 5 heteroatoms. The number of hydrogen-bond acceptors (Lipinski definition) is 3. The van der Waals surface area contributed by atoms with Gasteiger partial charge in [-0.2, -0.15) is 0 Å². The molecule has 1 heterocycles. The molecule has 2 saturated carbocycles. The third-order valence-electron chi connectivity index (χ3n) is 5.00. The number of hydrogen-bond donors (Lipinski definition) is 1. The number of carbonyl (C=O) groups excluding carboxylic acids is 2. The van der Waals surface area contributed by atoms with Gasteiger partial charge in [-0.15, -0.1) is 0 Å². The second kappa shape index (κ2) is 6.63. The quantitative estimate of drug-likeness (QED) is 0.864. The van der Waals surface area contributed by atoms with Crippen LogP contribution in [0.4, 0.5) is 0 Å². The molecule has 0 unspecified atom stereocenters. The van der Waals surface area contributed by atoms with Gasteiger partial charge in [0.05, 0.1) is 5.56 Å². The minimum atomic E-state index is -0.0151. The Labute approximate surface area is 153 Å². The molecule has 0 spiro atoms. The zero-order chi connectivity index (χ0) is 18.3. The molecule has 1 aromatic carbocycles. The zero-order valence-corrected chi connectivity index (χ0v) is 15.2. The van der Waals surface area contributed by atoms with E-state index in [0.29, 0.717) is 35.5 Å². The molecule has 2 aliphatic rings. The van der Waals surface area contributed by atoms with Crippen molar-refractivity contribution < 1.29 is 14.0 Å². The molecule has 0 bridgehead atoms. The number of carbonyl (C=O) groups is 2. The number of furan rings is 1.